The van der Waals surface area contributed by atoms with Gasteiger partial charge in [-0.25, -0.2) is 26.5 Å². The largest absolute Gasteiger partial charge is 0.369 e. The number of benzene rings is 1. The molecule has 1 aromatic carbocycles. The van der Waals surface area contributed by atoms with E-state index in [-0.39, 0.29) is 17.2 Å². The molecule has 31 heavy (non-hydrogen) atoms. The number of hydrogen-bond donors (Lipinski definition) is 1. The summed E-state index contributed by atoms with van der Waals surface area (Å²) in [5, 5.41) is 0. The van der Waals surface area contributed by atoms with Gasteiger partial charge in [0.15, 0.2) is 0 Å². The molecule has 1 aliphatic heterocycles. The van der Waals surface area contributed by atoms with Gasteiger partial charge in [-0.15, -0.1) is 0 Å². The first kappa shape index (κ1) is 20.8. The maximum absolute atomic E-state index is 14.9. The number of fused-ring (bicyclic) bond motifs is 1. The summed E-state index contributed by atoms with van der Waals surface area (Å²) in [5.41, 5.74) is 5.61. The summed E-state index contributed by atoms with van der Waals surface area (Å²) in [5.74, 6) is -2.07. The minimum atomic E-state index is -3.78. The second kappa shape index (κ2) is 7.34. The van der Waals surface area contributed by atoms with Crippen molar-refractivity contribution in [2.75, 3.05) is 12.8 Å². The van der Waals surface area contributed by atoms with Crippen molar-refractivity contribution in [2.24, 2.45) is 10.7 Å². The van der Waals surface area contributed by atoms with Crippen molar-refractivity contribution in [1.29, 1.82) is 0 Å². The number of nitrogens with two attached hydrogens (primary N) is 1. The molecule has 3 aromatic rings. The van der Waals surface area contributed by atoms with Crippen molar-refractivity contribution < 1.29 is 17.2 Å². The zero-order valence-corrected chi connectivity index (χ0v) is 17.4. The van der Waals surface area contributed by atoms with Crippen LogP contribution in [-0.4, -0.2) is 46.4 Å². The molecule has 0 saturated carbocycles. The van der Waals surface area contributed by atoms with Gasteiger partial charge in [0.25, 0.3) is 0 Å². The highest BCUT2D eigenvalue weighted by atomic mass is 32.2. The number of guanidine groups is 1. The maximum atomic E-state index is 14.9. The van der Waals surface area contributed by atoms with E-state index >= 15 is 0 Å². The van der Waals surface area contributed by atoms with E-state index in [0.717, 1.165) is 10.4 Å². The Hall–Kier alpha value is -3.47. The molecule has 0 saturated heterocycles. The van der Waals surface area contributed by atoms with E-state index in [9.17, 15) is 17.2 Å². The second-order valence-electron chi connectivity index (χ2n) is 7.31. The molecule has 1 atom stereocenters. The molecular formula is C20H18F2N6O2S. The van der Waals surface area contributed by atoms with Crippen LogP contribution in [-0.2, 0) is 15.6 Å². The highest BCUT2D eigenvalue weighted by molar-refractivity contribution is 7.89. The van der Waals surface area contributed by atoms with Crippen LogP contribution in [0, 0.1) is 5.82 Å². The first-order valence-electron chi connectivity index (χ1n) is 9.15. The van der Waals surface area contributed by atoms with Crippen LogP contribution < -0.4 is 5.73 Å². The Kier molecular flexibility index (Phi) is 4.92. The molecule has 3 heterocycles. The highest BCUT2D eigenvalue weighted by Crippen LogP contribution is 2.34. The Labute approximate surface area is 177 Å². The lowest BCUT2D eigenvalue weighted by Crippen LogP contribution is -2.50. The third kappa shape index (κ3) is 3.83. The van der Waals surface area contributed by atoms with E-state index in [2.05, 4.69) is 19.9 Å². The first-order chi connectivity index (χ1) is 14.6. The third-order valence-corrected chi connectivity index (χ3v) is 6.98. The predicted octanol–water partition coefficient (Wildman–Crippen LogP) is 2.44. The molecule has 0 fully saturated rings. The summed E-state index contributed by atoms with van der Waals surface area (Å²) >= 11 is 0. The van der Waals surface area contributed by atoms with Crippen molar-refractivity contribution in [3.05, 3.63) is 65.5 Å². The van der Waals surface area contributed by atoms with Gasteiger partial charge in [0.1, 0.15) is 28.4 Å². The van der Waals surface area contributed by atoms with Gasteiger partial charge in [0, 0.05) is 25.0 Å². The Morgan fingerprint density at radius 1 is 1.19 bits per heavy atom. The average Bonchev–Trinajstić information content (AvgIpc) is 2.72. The van der Waals surface area contributed by atoms with Gasteiger partial charge >= 0.3 is 0 Å². The van der Waals surface area contributed by atoms with Crippen LogP contribution in [0.5, 0.6) is 0 Å². The fourth-order valence-electron chi connectivity index (χ4n) is 3.35. The van der Waals surface area contributed by atoms with E-state index in [0.29, 0.717) is 16.6 Å². The summed E-state index contributed by atoms with van der Waals surface area (Å²) in [6.45, 7) is 1.47. The van der Waals surface area contributed by atoms with E-state index in [1.807, 2.05) is 0 Å². The minimum Gasteiger partial charge on any atom is -0.369 e. The highest BCUT2D eigenvalue weighted by Gasteiger charge is 2.41. The van der Waals surface area contributed by atoms with Crippen LogP contribution in [0.4, 0.5) is 8.78 Å². The number of pyridine rings is 1. The van der Waals surface area contributed by atoms with Crippen molar-refractivity contribution in [1.82, 2.24) is 19.3 Å². The lowest BCUT2D eigenvalue weighted by Gasteiger charge is -2.34. The second-order valence-corrected chi connectivity index (χ2v) is 9.31. The molecule has 11 heteroatoms. The summed E-state index contributed by atoms with van der Waals surface area (Å²) in [6.07, 6.45) is 5.58. The number of halogens is 2. The van der Waals surface area contributed by atoms with Crippen molar-refractivity contribution in [3.63, 3.8) is 0 Å². The molecule has 0 bridgehead atoms. The zero-order chi connectivity index (χ0) is 22.4. The van der Waals surface area contributed by atoms with Crippen LogP contribution in [0.25, 0.3) is 22.9 Å². The van der Waals surface area contributed by atoms with Crippen LogP contribution in [0.15, 0.2) is 47.8 Å². The average molecular weight is 444 g/mol. The Bertz CT molecular complexity index is 1360. The van der Waals surface area contributed by atoms with E-state index < -0.39 is 33.0 Å². The molecule has 0 spiro atoms. The van der Waals surface area contributed by atoms with Gasteiger partial charge < -0.3 is 5.73 Å². The van der Waals surface area contributed by atoms with Crippen molar-refractivity contribution >= 4 is 38.9 Å². The summed E-state index contributed by atoms with van der Waals surface area (Å²) < 4.78 is 55.2. The number of rotatable bonds is 3. The van der Waals surface area contributed by atoms with Gasteiger partial charge in [-0.3, -0.25) is 15.0 Å². The van der Waals surface area contributed by atoms with Gasteiger partial charge in [0.05, 0.1) is 17.5 Å². The van der Waals surface area contributed by atoms with Gasteiger partial charge in [-0.2, -0.15) is 0 Å². The van der Waals surface area contributed by atoms with E-state index in [1.54, 1.807) is 0 Å². The Morgan fingerprint density at radius 2 is 1.90 bits per heavy atom. The molecule has 1 aliphatic rings. The molecule has 0 radical (unpaired) electrons. The summed E-state index contributed by atoms with van der Waals surface area (Å²) in [7, 11) is -2.51. The fourth-order valence-corrected chi connectivity index (χ4v) is 4.80. The monoisotopic (exact) mass is 444 g/mol. The smallest absolute Gasteiger partial charge is 0.239 e. The van der Waals surface area contributed by atoms with Gasteiger partial charge in [-0.1, -0.05) is 6.07 Å². The Balaban J connectivity index is 1.75. The quantitative estimate of drug-likeness (QED) is 0.664. The number of aromatic nitrogens is 3. The van der Waals surface area contributed by atoms with Crippen LogP contribution in [0.3, 0.4) is 0 Å². The number of aliphatic imine (C=N–C) groups is 1. The zero-order valence-electron chi connectivity index (χ0n) is 16.6. The standard InChI is InChI=1S/C20H18F2N6O2S/c1-20(11-31(29,30)28(2)19(23)27-20)13-7-12(3-4-14(13)21)8-15(22)16-9-17-18(10-26-16)25-6-5-24-17/h3-10H,11H2,1-2H3,(H2,23,27)/b15-8-/t20-/m0/s1. The van der Waals surface area contributed by atoms with Crippen LogP contribution >= 0.6 is 0 Å². The summed E-state index contributed by atoms with van der Waals surface area (Å²) in [4.78, 5) is 16.4. The number of sulfonamides is 1. The maximum Gasteiger partial charge on any atom is 0.239 e. The summed E-state index contributed by atoms with van der Waals surface area (Å²) in [6, 6.07) is 5.32. The first-order valence-corrected chi connectivity index (χ1v) is 10.8. The minimum absolute atomic E-state index is 0.00832. The van der Waals surface area contributed by atoms with Gasteiger partial charge in [-0.05, 0) is 36.8 Å². The molecule has 2 aromatic heterocycles. The Morgan fingerprint density at radius 3 is 2.61 bits per heavy atom. The lowest BCUT2D eigenvalue weighted by molar-refractivity contribution is 0.458. The SMILES string of the molecule is CN1C(N)=N[C@](C)(c2cc(/C=C(\F)c3cc4nccnc4cn3)ccc2F)CS1(=O)=O. The third-order valence-electron chi connectivity index (χ3n) is 5.03. The molecule has 4 rings (SSSR count). The lowest BCUT2D eigenvalue weighted by atomic mass is 9.92. The molecule has 0 amide bonds. The molecule has 160 valence electrons. The topological polar surface area (TPSA) is 114 Å². The van der Waals surface area contributed by atoms with Crippen LogP contribution in [0.2, 0.25) is 0 Å². The predicted molar refractivity (Wildman–Crippen MR) is 113 cm³/mol. The van der Waals surface area contributed by atoms with Gasteiger partial charge in [0.2, 0.25) is 16.0 Å². The van der Waals surface area contributed by atoms with Crippen LogP contribution in [0.1, 0.15) is 23.7 Å². The number of hydrogen-bond acceptors (Lipinski definition) is 7. The molecule has 0 unspecified atom stereocenters. The van der Waals surface area contributed by atoms with E-state index in [4.69, 9.17) is 5.73 Å². The number of nitrogens with zero attached hydrogens (tertiary/aromatic N) is 5. The molecule has 0 aliphatic carbocycles. The van der Waals surface area contributed by atoms with Crippen molar-refractivity contribution in [2.45, 2.75) is 12.5 Å². The fraction of sp³-hybridized carbons (Fsp3) is 0.200. The van der Waals surface area contributed by atoms with E-state index in [1.165, 1.54) is 56.8 Å². The van der Waals surface area contributed by atoms with Crippen molar-refractivity contribution in [3.8, 4) is 0 Å². The normalized spacial score (nSPS) is 21.2. The molecule has 8 nitrogen and oxygen atoms in total. The molecular weight excluding hydrogens is 426 g/mol. The molecule has 2 N–H and O–H groups in total.